The van der Waals surface area contributed by atoms with E-state index < -0.39 is 5.82 Å². The zero-order chi connectivity index (χ0) is 14.0. The highest BCUT2D eigenvalue weighted by Gasteiger charge is 2.14. The topological polar surface area (TPSA) is 29.9 Å². The molecule has 1 unspecified atom stereocenters. The van der Waals surface area contributed by atoms with E-state index in [1.807, 2.05) is 20.0 Å². The maximum Gasteiger partial charge on any atom is 0.142 e. The van der Waals surface area contributed by atoms with Gasteiger partial charge in [0.1, 0.15) is 5.82 Å². The number of benzene rings is 1. The molecule has 6 heteroatoms. The van der Waals surface area contributed by atoms with Crippen molar-refractivity contribution in [1.29, 1.82) is 0 Å². The van der Waals surface area contributed by atoms with Gasteiger partial charge >= 0.3 is 0 Å². The van der Waals surface area contributed by atoms with Crippen LogP contribution in [0.5, 0.6) is 0 Å². The highest BCUT2D eigenvalue weighted by molar-refractivity contribution is 6.35. The average molecular weight is 302 g/mol. The Morgan fingerprint density at radius 2 is 2.11 bits per heavy atom. The average Bonchev–Trinajstić information content (AvgIpc) is 2.81. The van der Waals surface area contributed by atoms with E-state index in [4.69, 9.17) is 23.2 Å². The number of anilines is 1. The van der Waals surface area contributed by atoms with Gasteiger partial charge in [-0.2, -0.15) is 5.10 Å². The number of rotatable bonds is 4. The van der Waals surface area contributed by atoms with Crippen molar-refractivity contribution in [2.45, 2.75) is 26.4 Å². The van der Waals surface area contributed by atoms with Gasteiger partial charge in [0, 0.05) is 17.8 Å². The molecule has 1 atom stereocenters. The summed E-state index contributed by atoms with van der Waals surface area (Å²) in [6.07, 6.45) is 3.61. The lowest BCUT2D eigenvalue weighted by atomic mass is 10.1. The molecule has 3 nitrogen and oxygen atoms in total. The molecule has 0 fully saturated rings. The van der Waals surface area contributed by atoms with E-state index in [0.717, 1.165) is 12.2 Å². The summed E-state index contributed by atoms with van der Waals surface area (Å²) in [4.78, 5) is 0. The van der Waals surface area contributed by atoms with Crippen molar-refractivity contribution >= 4 is 28.9 Å². The van der Waals surface area contributed by atoms with Gasteiger partial charge in [0.05, 0.1) is 22.9 Å². The molecule has 1 heterocycles. The second kappa shape index (κ2) is 5.80. The molecular formula is C13H14Cl2FN3. The largest absolute Gasteiger partial charge is 0.376 e. The van der Waals surface area contributed by atoms with Crippen molar-refractivity contribution in [2.75, 3.05) is 5.32 Å². The zero-order valence-corrected chi connectivity index (χ0v) is 12.1. The molecule has 0 bridgehead atoms. The van der Waals surface area contributed by atoms with Crippen LogP contribution in [0.3, 0.4) is 0 Å². The monoisotopic (exact) mass is 301 g/mol. The molecule has 0 saturated carbocycles. The summed E-state index contributed by atoms with van der Waals surface area (Å²) in [5.74, 6) is -0.473. The summed E-state index contributed by atoms with van der Waals surface area (Å²) >= 11 is 11.8. The minimum atomic E-state index is -0.473. The quantitative estimate of drug-likeness (QED) is 0.841. The Balaban J connectivity index is 2.19. The van der Waals surface area contributed by atoms with Crippen LogP contribution in [0.4, 0.5) is 10.1 Å². The Kier molecular flexibility index (Phi) is 4.32. The first-order valence-electron chi connectivity index (χ1n) is 5.94. The van der Waals surface area contributed by atoms with Crippen molar-refractivity contribution in [3.05, 3.63) is 46.0 Å². The van der Waals surface area contributed by atoms with Crippen LogP contribution in [0, 0.1) is 5.82 Å². The van der Waals surface area contributed by atoms with Gasteiger partial charge in [-0.15, -0.1) is 0 Å². The summed E-state index contributed by atoms with van der Waals surface area (Å²) in [6.45, 7) is 4.70. The van der Waals surface area contributed by atoms with Crippen molar-refractivity contribution in [3.8, 4) is 0 Å². The molecule has 0 aliphatic rings. The molecule has 0 saturated heterocycles. The molecule has 2 aromatic rings. The van der Waals surface area contributed by atoms with E-state index in [-0.39, 0.29) is 11.1 Å². The third-order valence-corrected chi connectivity index (χ3v) is 3.46. The first kappa shape index (κ1) is 14.2. The number of aryl methyl sites for hydroxylation is 1. The third-order valence-electron chi connectivity index (χ3n) is 2.85. The van der Waals surface area contributed by atoms with Crippen LogP contribution < -0.4 is 5.32 Å². The Bertz CT molecular complexity index is 583. The summed E-state index contributed by atoms with van der Waals surface area (Å²) in [5.41, 5.74) is 1.52. The Morgan fingerprint density at radius 3 is 2.74 bits per heavy atom. The van der Waals surface area contributed by atoms with Gasteiger partial charge in [0.25, 0.3) is 0 Å². The molecule has 0 spiro atoms. The lowest BCUT2D eigenvalue weighted by Gasteiger charge is -2.16. The minimum Gasteiger partial charge on any atom is -0.376 e. The predicted octanol–water partition coefficient (Wildman–Crippen LogP) is 4.52. The van der Waals surface area contributed by atoms with Crippen molar-refractivity contribution in [1.82, 2.24) is 9.78 Å². The van der Waals surface area contributed by atoms with Crippen LogP contribution in [0.2, 0.25) is 10.0 Å². The first-order chi connectivity index (χ1) is 9.01. The van der Waals surface area contributed by atoms with Gasteiger partial charge in [-0.25, -0.2) is 4.39 Å². The van der Waals surface area contributed by atoms with Gasteiger partial charge in [0.2, 0.25) is 0 Å². The van der Waals surface area contributed by atoms with E-state index in [2.05, 4.69) is 10.4 Å². The molecule has 1 N–H and O–H groups in total. The SMILES string of the molecule is CCn1cc(NC(C)c2cc(F)c(Cl)cc2Cl)cn1. The summed E-state index contributed by atoms with van der Waals surface area (Å²) in [7, 11) is 0. The fourth-order valence-electron chi connectivity index (χ4n) is 1.81. The predicted molar refractivity (Wildman–Crippen MR) is 76.4 cm³/mol. The number of hydrogen-bond donors (Lipinski definition) is 1. The number of halogens is 3. The fraction of sp³-hybridized carbons (Fsp3) is 0.308. The van der Waals surface area contributed by atoms with Crippen LogP contribution >= 0.6 is 23.2 Å². The lowest BCUT2D eigenvalue weighted by Crippen LogP contribution is -2.07. The van der Waals surface area contributed by atoms with Gasteiger partial charge in [-0.05, 0) is 31.5 Å². The van der Waals surface area contributed by atoms with Gasteiger partial charge in [-0.3, -0.25) is 4.68 Å². The molecular weight excluding hydrogens is 288 g/mol. The van der Waals surface area contributed by atoms with E-state index in [1.54, 1.807) is 10.9 Å². The molecule has 19 heavy (non-hydrogen) atoms. The maximum atomic E-state index is 13.5. The Labute approximate surface area is 121 Å². The molecule has 0 aliphatic carbocycles. The van der Waals surface area contributed by atoms with Crippen LogP contribution in [-0.2, 0) is 6.54 Å². The van der Waals surface area contributed by atoms with Gasteiger partial charge < -0.3 is 5.32 Å². The first-order valence-corrected chi connectivity index (χ1v) is 6.70. The van der Waals surface area contributed by atoms with Crippen LogP contribution in [0.25, 0.3) is 0 Å². The number of hydrogen-bond acceptors (Lipinski definition) is 2. The Morgan fingerprint density at radius 1 is 1.37 bits per heavy atom. The van der Waals surface area contributed by atoms with Gasteiger partial charge in [-0.1, -0.05) is 23.2 Å². The van der Waals surface area contributed by atoms with Crippen molar-refractivity contribution < 1.29 is 4.39 Å². The van der Waals surface area contributed by atoms with Crippen molar-refractivity contribution in [2.24, 2.45) is 0 Å². The van der Waals surface area contributed by atoms with Crippen LogP contribution in [0.1, 0.15) is 25.5 Å². The number of aromatic nitrogens is 2. The third kappa shape index (κ3) is 3.19. The summed E-state index contributed by atoms with van der Waals surface area (Å²) in [5, 5.41) is 7.85. The van der Waals surface area contributed by atoms with E-state index in [0.29, 0.717) is 10.6 Å². The minimum absolute atomic E-state index is 0.0275. The van der Waals surface area contributed by atoms with Crippen LogP contribution in [0.15, 0.2) is 24.5 Å². The molecule has 0 amide bonds. The highest BCUT2D eigenvalue weighted by Crippen LogP contribution is 2.30. The molecule has 0 radical (unpaired) electrons. The second-order valence-corrected chi connectivity index (χ2v) is 5.05. The second-order valence-electron chi connectivity index (χ2n) is 4.24. The molecule has 1 aromatic carbocycles. The smallest absolute Gasteiger partial charge is 0.142 e. The maximum absolute atomic E-state index is 13.5. The highest BCUT2D eigenvalue weighted by atomic mass is 35.5. The van der Waals surface area contributed by atoms with Crippen molar-refractivity contribution in [3.63, 3.8) is 0 Å². The normalized spacial score (nSPS) is 12.5. The van der Waals surface area contributed by atoms with E-state index in [1.165, 1.54) is 12.1 Å². The molecule has 1 aromatic heterocycles. The van der Waals surface area contributed by atoms with E-state index >= 15 is 0 Å². The molecule has 102 valence electrons. The van der Waals surface area contributed by atoms with Crippen LogP contribution in [-0.4, -0.2) is 9.78 Å². The summed E-state index contributed by atoms with van der Waals surface area (Å²) < 4.78 is 15.3. The molecule has 2 rings (SSSR count). The fourth-order valence-corrected chi connectivity index (χ4v) is 2.36. The molecule has 0 aliphatic heterocycles. The van der Waals surface area contributed by atoms with Gasteiger partial charge in [0.15, 0.2) is 0 Å². The standard InChI is InChI=1S/C13H14Cl2FN3/c1-3-19-7-9(6-17-19)18-8(2)10-4-13(16)12(15)5-11(10)14/h4-8,18H,3H2,1-2H3. The summed E-state index contributed by atoms with van der Waals surface area (Å²) in [6, 6.07) is 2.63. The lowest BCUT2D eigenvalue weighted by molar-refractivity contribution is 0.624. The zero-order valence-electron chi connectivity index (χ0n) is 10.6. The number of nitrogens with zero attached hydrogens (tertiary/aromatic N) is 2. The van der Waals surface area contributed by atoms with E-state index in [9.17, 15) is 4.39 Å². The Hall–Kier alpha value is -1.26. The number of nitrogens with one attached hydrogen (secondary N) is 1.